The van der Waals surface area contributed by atoms with Gasteiger partial charge in [0.05, 0.1) is 6.54 Å². The van der Waals surface area contributed by atoms with Crippen molar-refractivity contribution in [1.82, 2.24) is 10.2 Å². The Morgan fingerprint density at radius 3 is 2.47 bits per heavy atom. The Morgan fingerprint density at radius 1 is 1.40 bits per heavy atom. The zero-order valence-electron chi connectivity index (χ0n) is 10.4. The van der Waals surface area contributed by atoms with Crippen LogP contribution in [0.25, 0.3) is 0 Å². The first kappa shape index (κ1) is 14.4. The van der Waals surface area contributed by atoms with E-state index in [0.717, 1.165) is 6.42 Å². The molecule has 0 aromatic rings. The van der Waals surface area contributed by atoms with Gasteiger partial charge in [0, 0.05) is 19.1 Å². The van der Waals surface area contributed by atoms with Gasteiger partial charge in [0.1, 0.15) is 0 Å². The Hall–Kier alpha value is -0.610. The fourth-order valence-electron chi connectivity index (χ4n) is 1.51. The smallest absolute Gasteiger partial charge is 0.234 e. The van der Waals surface area contributed by atoms with E-state index in [1.165, 1.54) is 0 Å². The molecule has 90 valence electrons. The highest BCUT2D eigenvalue weighted by Crippen LogP contribution is 2.08. The molecule has 4 nitrogen and oxygen atoms in total. The van der Waals surface area contributed by atoms with E-state index in [1.807, 2.05) is 7.05 Å². The van der Waals surface area contributed by atoms with Crippen molar-refractivity contribution in [1.29, 1.82) is 0 Å². The Balaban J connectivity index is 3.79. The predicted octanol–water partition coefficient (Wildman–Crippen LogP) is 0.428. The Labute approximate surface area is 93.2 Å². The maximum Gasteiger partial charge on any atom is 0.234 e. The second kappa shape index (κ2) is 7.65. The second-order valence-electron chi connectivity index (χ2n) is 4.53. The van der Waals surface area contributed by atoms with Crippen LogP contribution in [0.4, 0.5) is 0 Å². The lowest BCUT2D eigenvalue weighted by Gasteiger charge is -2.25. The van der Waals surface area contributed by atoms with Crippen LogP contribution in [-0.2, 0) is 4.79 Å². The molecule has 0 aromatic carbocycles. The fraction of sp³-hybridized carbons (Fsp3) is 0.909. The fourth-order valence-corrected chi connectivity index (χ4v) is 1.51. The van der Waals surface area contributed by atoms with Crippen molar-refractivity contribution in [3.8, 4) is 0 Å². The summed E-state index contributed by atoms with van der Waals surface area (Å²) in [5, 5.41) is 2.77. The van der Waals surface area contributed by atoms with Crippen LogP contribution in [-0.4, -0.2) is 43.5 Å². The molecule has 0 aliphatic rings. The zero-order valence-corrected chi connectivity index (χ0v) is 10.4. The van der Waals surface area contributed by atoms with Gasteiger partial charge in [0.2, 0.25) is 5.91 Å². The highest BCUT2D eigenvalue weighted by atomic mass is 16.2. The first-order chi connectivity index (χ1) is 6.97. The number of hydrogen-bond acceptors (Lipinski definition) is 3. The third-order valence-corrected chi connectivity index (χ3v) is 2.42. The van der Waals surface area contributed by atoms with Gasteiger partial charge in [-0.15, -0.1) is 0 Å². The molecule has 0 saturated carbocycles. The van der Waals surface area contributed by atoms with Crippen LogP contribution in [0.3, 0.4) is 0 Å². The lowest BCUT2D eigenvalue weighted by molar-refractivity contribution is -0.122. The molecule has 0 heterocycles. The molecule has 15 heavy (non-hydrogen) atoms. The van der Waals surface area contributed by atoms with E-state index in [9.17, 15) is 4.79 Å². The number of rotatable bonds is 7. The molecule has 0 spiro atoms. The molecule has 0 aromatic heterocycles. The summed E-state index contributed by atoms with van der Waals surface area (Å²) in [6.45, 7) is 8.05. The van der Waals surface area contributed by atoms with E-state index < -0.39 is 0 Å². The normalized spacial score (nSPS) is 13.3. The standard InChI is InChI=1S/C11H25N3O/c1-9(2)7-10(3)14(4)8-11(15)13-6-5-12/h9-10H,5-8,12H2,1-4H3,(H,13,15). The van der Waals surface area contributed by atoms with Crippen LogP contribution in [0, 0.1) is 5.92 Å². The largest absolute Gasteiger partial charge is 0.354 e. The zero-order chi connectivity index (χ0) is 11.8. The number of amides is 1. The molecule has 1 amide bonds. The molecule has 1 atom stereocenters. The highest BCUT2D eigenvalue weighted by molar-refractivity contribution is 5.77. The summed E-state index contributed by atoms with van der Waals surface area (Å²) in [6, 6.07) is 0.439. The van der Waals surface area contributed by atoms with Gasteiger partial charge >= 0.3 is 0 Å². The molecule has 0 bridgehead atoms. The summed E-state index contributed by atoms with van der Waals surface area (Å²) in [6.07, 6.45) is 1.11. The van der Waals surface area contributed by atoms with E-state index in [0.29, 0.717) is 31.6 Å². The van der Waals surface area contributed by atoms with Crippen LogP contribution in [0.1, 0.15) is 27.2 Å². The first-order valence-corrected chi connectivity index (χ1v) is 5.64. The minimum absolute atomic E-state index is 0.0542. The average Bonchev–Trinajstić information content (AvgIpc) is 2.13. The molecule has 0 radical (unpaired) electrons. The summed E-state index contributed by atoms with van der Waals surface area (Å²) < 4.78 is 0. The lowest BCUT2D eigenvalue weighted by Crippen LogP contribution is -2.41. The summed E-state index contributed by atoms with van der Waals surface area (Å²) >= 11 is 0. The van der Waals surface area contributed by atoms with Gasteiger partial charge in [0.15, 0.2) is 0 Å². The van der Waals surface area contributed by atoms with Crippen molar-refractivity contribution in [2.75, 3.05) is 26.7 Å². The van der Waals surface area contributed by atoms with E-state index in [4.69, 9.17) is 5.73 Å². The van der Waals surface area contributed by atoms with Gasteiger partial charge < -0.3 is 11.1 Å². The van der Waals surface area contributed by atoms with Crippen molar-refractivity contribution in [3.63, 3.8) is 0 Å². The number of likely N-dealkylation sites (N-methyl/N-ethyl adjacent to an activating group) is 1. The van der Waals surface area contributed by atoms with Crippen molar-refractivity contribution in [3.05, 3.63) is 0 Å². The molecule has 0 saturated heterocycles. The van der Waals surface area contributed by atoms with Crippen LogP contribution in [0.5, 0.6) is 0 Å². The first-order valence-electron chi connectivity index (χ1n) is 5.64. The van der Waals surface area contributed by atoms with Crippen molar-refractivity contribution >= 4 is 5.91 Å². The lowest BCUT2D eigenvalue weighted by atomic mass is 10.0. The minimum Gasteiger partial charge on any atom is -0.354 e. The van der Waals surface area contributed by atoms with Crippen LogP contribution >= 0.6 is 0 Å². The summed E-state index contributed by atoms with van der Waals surface area (Å²) in [5.41, 5.74) is 5.30. The Morgan fingerprint density at radius 2 is 2.00 bits per heavy atom. The molecule has 4 heteroatoms. The second-order valence-corrected chi connectivity index (χ2v) is 4.53. The monoisotopic (exact) mass is 215 g/mol. The average molecular weight is 215 g/mol. The highest BCUT2D eigenvalue weighted by Gasteiger charge is 2.13. The number of carbonyl (C=O) groups is 1. The molecular formula is C11H25N3O. The van der Waals surface area contributed by atoms with Gasteiger partial charge in [0.25, 0.3) is 0 Å². The van der Waals surface area contributed by atoms with Crippen LogP contribution in [0.2, 0.25) is 0 Å². The summed E-state index contributed by atoms with van der Waals surface area (Å²) in [5.74, 6) is 0.716. The van der Waals surface area contributed by atoms with Gasteiger partial charge in [-0.2, -0.15) is 0 Å². The van der Waals surface area contributed by atoms with Gasteiger partial charge in [-0.05, 0) is 26.3 Å². The third kappa shape index (κ3) is 7.33. The van der Waals surface area contributed by atoms with Gasteiger partial charge in [-0.25, -0.2) is 0 Å². The van der Waals surface area contributed by atoms with Crippen LogP contribution < -0.4 is 11.1 Å². The molecule has 0 aliphatic carbocycles. The number of nitrogens with zero attached hydrogens (tertiary/aromatic N) is 1. The Kier molecular flexibility index (Phi) is 7.34. The van der Waals surface area contributed by atoms with Gasteiger partial charge in [-0.3, -0.25) is 9.69 Å². The topological polar surface area (TPSA) is 58.4 Å². The predicted molar refractivity (Wildman–Crippen MR) is 63.6 cm³/mol. The number of carbonyl (C=O) groups excluding carboxylic acids is 1. The summed E-state index contributed by atoms with van der Waals surface area (Å²) in [4.78, 5) is 13.5. The van der Waals surface area contributed by atoms with Crippen molar-refractivity contribution in [2.45, 2.75) is 33.2 Å². The van der Waals surface area contributed by atoms with Gasteiger partial charge in [-0.1, -0.05) is 13.8 Å². The van der Waals surface area contributed by atoms with E-state index in [-0.39, 0.29) is 5.91 Å². The summed E-state index contributed by atoms with van der Waals surface area (Å²) in [7, 11) is 1.98. The molecule has 0 fully saturated rings. The Bertz CT molecular complexity index is 183. The SMILES string of the molecule is CC(C)CC(C)N(C)CC(=O)NCCN. The van der Waals surface area contributed by atoms with E-state index in [1.54, 1.807) is 0 Å². The number of hydrogen-bond donors (Lipinski definition) is 2. The molecule has 1 unspecified atom stereocenters. The maximum atomic E-state index is 11.4. The van der Waals surface area contributed by atoms with E-state index in [2.05, 4.69) is 31.0 Å². The van der Waals surface area contributed by atoms with Crippen molar-refractivity contribution in [2.24, 2.45) is 11.7 Å². The van der Waals surface area contributed by atoms with Crippen molar-refractivity contribution < 1.29 is 4.79 Å². The van der Waals surface area contributed by atoms with E-state index >= 15 is 0 Å². The minimum atomic E-state index is 0.0542. The maximum absolute atomic E-state index is 11.4. The number of nitrogens with one attached hydrogen (secondary N) is 1. The van der Waals surface area contributed by atoms with Crippen LogP contribution in [0.15, 0.2) is 0 Å². The molecule has 0 rings (SSSR count). The molecule has 0 aliphatic heterocycles. The third-order valence-electron chi connectivity index (χ3n) is 2.42. The number of nitrogens with two attached hydrogens (primary N) is 1. The molecule has 3 N–H and O–H groups in total. The quantitative estimate of drug-likeness (QED) is 0.647. The molecular weight excluding hydrogens is 190 g/mol.